The third kappa shape index (κ3) is 3.78. The third-order valence-electron chi connectivity index (χ3n) is 2.53. The average Bonchev–Trinajstić information content (AvgIpc) is 2.21. The summed E-state index contributed by atoms with van der Waals surface area (Å²) in [7, 11) is 0. The Bertz CT molecular complexity index is 369. The highest BCUT2D eigenvalue weighted by atomic mass is 16.1. The van der Waals surface area contributed by atoms with Crippen LogP contribution in [0.1, 0.15) is 35.3 Å². The van der Waals surface area contributed by atoms with Crippen LogP contribution in [0.3, 0.4) is 0 Å². The molecule has 0 heterocycles. The van der Waals surface area contributed by atoms with Crippen LogP contribution in [0.5, 0.6) is 0 Å². The van der Waals surface area contributed by atoms with E-state index < -0.39 is 0 Å². The van der Waals surface area contributed by atoms with Gasteiger partial charge in [0.1, 0.15) is 0 Å². The molecule has 2 nitrogen and oxygen atoms in total. The Kier molecular flexibility index (Phi) is 4.69. The number of carbonyl (C=O) groups excluding carboxylic acids is 1. The summed E-state index contributed by atoms with van der Waals surface area (Å²) in [5.41, 5.74) is 3.04. The number of benzene rings is 1. The van der Waals surface area contributed by atoms with Crippen molar-refractivity contribution >= 4 is 5.78 Å². The first-order chi connectivity index (χ1) is 7.50. The third-order valence-corrected chi connectivity index (χ3v) is 2.53. The lowest BCUT2D eigenvalue weighted by Gasteiger charge is -2.09. The molecule has 0 saturated carbocycles. The zero-order valence-corrected chi connectivity index (χ0v) is 10.6. The van der Waals surface area contributed by atoms with Crippen molar-refractivity contribution in [3.8, 4) is 0 Å². The summed E-state index contributed by atoms with van der Waals surface area (Å²) in [6.45, 7) is 9.58. The molecule has 0 spiro atoms. The fourth-order valence-corrected chi connectivity index (χ4v) is 1.61. The fourth-order valence-electron chi connectivity index (χ4n) is 1.61. The zero-order chi connectivity index (χ0) is 12.1. The average molecular weight is 219 g/mol. The second-order valence-electron chi connectivity index (χ2n) is 4.77. The van der Waals surface area contributed by atoms with Gasteiger partial charge in [-0.2, -0.15) is 0 Å². The van der Waals surface area contributed by atoms with Crippen molar-refractivity contribution < 1.29 is 4.79 Å². The van der Waals surface area contributed by atoms with Gasteiger partial charge in [-0.15, -0.1) is 0 Å². The van der Waals surface area contributed by atoms with Gasteiger partial charge in [0.2, 0.25) is 0 Å². The number of nitrogens with one attached hydrogen (secondary N) is 1. The van der Waals surface area contributed by atoms with Crippen molar-refractivity contribution in [2.75, 3.05) is 13.1 Å². The standard InChI is InChI=1S/C14H21NO/c1-10(2)8-15-9-14(16)13-7-11(3)5-6-12(13)4/h5-7,10,15H,8-9H2,1-4H3. The molecule has 0 bridgehead atoms. The van der Waals surface area contributed by atoms with E-state index in [1.165, 1.54) is 0 Å². The van der Waals surface area contributed by atoms with Crippen LogP contribution in [0.4, 0.5) is 0 Å². The summed E-state index contributed by atoms with van der Waals surface area (Å²) in [5.74, 6) is 0.758. The summed E-state index contributed by atoms with van der Waals surface area (Å²) in [5, 5.41) is 3.18. The molecule has 1 aromatic rings. The number of ketones is 1. The lowest BCUT2D eigenvalue weighted by Crippen LogP contribution is -2.27. The first-order valence-corrected chi connectivity index (χ1v) is 5.82. The molecule has 1 aromatic carbocycles. The predicted octanol–water partition coefficient (Wildman–Crippen LogP) is 2.73. The van der Waals surface area contributed by atoms with E-state index in [4.69, 9.17) is 0 Å². The van der Waals surface area contributed by atoms with Crippen LogP contribution < -0.4 is 5.32 Å². The van der Waals surface area contributed by atoms with Crippen LogP contribution in [-0.4, -0.2) is 18.9 Å². The smallest absolute Gasteiger partial charge is 0.176 e. The lowest BCUT2D eigenvalue weighted by atomic mass is 10.0. The molecule has 0 radical (unpaired) electrons. The molecule has 88 valence electrons. The van der Waals surface area contributed by atoms with Crippen LogP contribution in [0.15, 0.2) is 18.2 Å². The molecule has 0 amide bonds. The van der Waals surface area contributed by atoms with Crippen molar-refractivity contribution in [3.05, 3.63) is 34.9 Å². The quantitative estimate of drug-likeness (QED) is 0.771. The van der Waals surface area contributed by atoms with Crippen LogP contribution >= 0.6 is 0 Å². The molecule has 0 fully saturated rings. The minimum Gasteiger partial charge on any atom is -0.309 e. The van der Waals surface area contributed by atoms with Gasteiger partial charge in [-0.05, 0) is 37.9 Å². The van der Waals surface area contributed by atoms with Crippen LogP contribution in [0, 0.1) is 19.8 Å². The molecule has 0 aliphatic rings. The van der Waals surface area contributed by atoms with E-state index in [2.05, 4.69) is 19.2 Å². The maximum atomic E-state index is 11.9. The number of hydrogen-bond donors (Lipinski definition) is 1. The fraction of sp³-hybridized carbons (Fsp3) is 0.500. The maximum Gasteiger partial charge on any atom is 0.176 e. The van der Waals surface area contributed by atoms with E-state index in [0.717, 1.165) is 23.2 Å². The van der Waals surface area contributed by atoms with Gasteiger partial charge in [-0.1, -0.05) is 31.5 Å². The highest BCUT2D eigenvalue weighted by molar-refractivity contribution is 5.99. The van der Waals surface area contributed by atoms with Crippen LogP contribution in [-0.2, 0) is 0 Å². The van der Waals surface area contributed by atoms with Crippen molar-refractivity contribution in [1.82, 2.24) is 5.32 Å². The molecular weight excluding hydrogens is 198 g/mol. The highest BCUT2D eigenvalue weighted by Crippen LogP contribution is 2.10. The van der Waals surface area contributed by atoms with E-state index in [-0.39, 0.29) is 5.78 Å². The van der Waals surface area contributed by atoms with Crippen molar-refractivity contribution in [3.63, 3.8) is 0 Å². The summed E-state index contributed by atoms with van der Waals surface area (Å²) in [6, 6.07) is 6.01. The molecule has 16 heavy (non-hydrogen) atoms. The van der Waals surface area contributed by atoms with Gasteiger partial charge in [0.15, 0.2) is 5.78 Å². The molecule has 0 atom stereocenters. The van der Waals surface area contributed by atoms with E-state index in [1.807, 2.05) is 32.0 Å². The number of hydrogen-bond acceptors (Lipinski definition) is 2. The number of carbonyl (C=O) groups is 1. The second kappa shape index (κ2) is 5.80. The van der Waals surface area contributed by atoms with Gasteiger partial charge in [0.25, 0.3) is 0 Å². The predicted molar refractivity (Wildman–Crippen MR) is 68.0 cm³/mol. The van der Waals surface area contributed by atoms with Crippen molar-refractivity contribution in [1.29, 1.82) is 0 Å². The molecule has 0 aliphatic heterocycles. The highest BCUT2D eigenvalue weighted by Gasteiger charge is 2.08. The number of aryl methyl sites for hydroxylation is 2. The minimum absolute atomic E-state index is 0.182. The normalized spacial score (nSPS) is 10.8. The molecule has 1 N–H and O–H groups in total. The number of Topliss-reactive ketones (excluding diaryl/α,β-unsaturated/α-hetero) is 1. The largest absolute Gasteiger partial charge is 0.309 e. The zero-order valence-electron chi connectivity index (χ0n) is 10.6. The Morgan fingerprint density at radius 1 is 1.31 bits per heavy atom. The summed E-state index contributed by atoms with van der Waals surface area (Å²) < 4.78 is 0. The Labute approximate surface area is 98.1 Å². The van der Waals surface area contributed by atoms with Gasteiger partial charge in [0.05, 0.1) is 6.54 Å². The lowest BCUT2D eigenvalue weighted by molar-refractivity contribution is 0.0989. The molecule has 0 aromatic heterocycles. The van der Waals surface area contributed by atoms with E-state index >= 15 is 0 Å². The molecule has 0 unspecified atom stereocenters. The minimum atomic E-state index is 0.182. The summed E-state index contributed by atoms with van der Waals surface area (Å²) in [4.78, 5) is 11.9. The van der Waals surface area contributed by atoms with Crippen LogP contribution in [0.2, 0.25) is 0 Å². The Morgan fingerprint density at radius 2 is 2.00 bits per heavy atom. The van der Waals surface area contributed by atoms with E-state index in [1.54, 1.807) is 0 Å². The summed E-state index contributed by atoms with van der Waals surface area (Å²) in [6.07, 6.45) is 0. The second-order valence-corrected chi connectivity index (χ2v) is 4.77. The van der Waals surface area contributed by atoms with E-state index in [9.17, 15) is 4.79 Å². The molecule has 2 heteroatoms. The Hall–Kier alpha value is -1.15. The molecule has 0 aliphatic carbocycles. The Balaban J connectivity index is 2.62. The van der Waals surface area contributed by atoms with Gasteiger partial charge in [0, 0.05) is 5.56 Å². The van der Waals surface area contributed by atoms with E-state index in [0.29, 0.717) is 12.5 Å². The number of rotatable bonds is 5. The van der Waals surface area contributed by atoms with Gasteiger partial charge < -0.3 is 5.32 Å². The first-order valence-electron chi connectivity index (χ1n) is 5.82. The van der Waals surface area contributed by atoms with Gasteiger partial charge in [-0.3, -0.25) is 4.79 Å². The molecule has 0 saturated heterocycles. The van der Waals surface area contributed by atoms with Crippen molar-refractivity contribution in [2.24, 2.45) is 5.92 Å². The molecular formula is C14H21NO. The first kappa shape index (κ1) is 12.9. The molecule has 1 rings (SSSR count). The van der Waals surface area contributed by atoms with Gasteiger partial charge >= 0.3 is 0 Å². The van der Waals surface area contributed by atoms with Crippen LogP contribution in [0.25, 0.3) is 0 Å². The van der Waals surface area contributed by atoms with Gasteiger partial charge in [-0.25, -0.2) is 0 Å². The SMILES string of the molecule is Cc1ccc(C)c(C(=O)CNCC(C)C)c1. The summed E-state index contributed by atoms with van der Waals surface area (Å²) >= 11 is 0. The van der Waals surface area contributed by atoms with Crippen molar-refractivity contribution in [2.45, 2.75) is 27.7 Å². The maximum absolute atomic E-state index is 11.9. The topological polar surface area (TPSA) is 29.1 Å². The monoisotopic (exact) mass is 219 g/mol. The Morgan fingerprint density at radius 3 is 2.62 bits per heavy atom.